The highest BCUT2D eigenvalue weighted by Gasteiger charge is 2.29. The number of hydrogen-bond donors (Lipinski definition) is 3. The van der Waals surface area contributed by atoms with Crippen molar-refractivity contribution in [3.05, 3.63) is 21.7 Å². The Balaban J connectivity index is 3.42. The minimum atomic E-state index is -0.641. The number of hydrogen-bond acceptors (Lipinski definition) is 2. The van der Waals surface area contributed by atoms with Crippen molar-refractivity contribution in [2.75, 3.05) is 6.26 Å². The number of rotatable bonds is 1. The fourth-order valence-electron chi connectivity index (χ4n) is 1.07. The second-order valence-electron chi connectivity index (χ2n) is 3.02. The smallest absolute Gasteiger partial charge is 0.314 e. The lowest BCUT2D eigenvalue weighted by Crippen LogP contribution is -2.22. The molecule has 0 spiro atoms. The molecule has 0 saturated carbocycles. The third-order valence-electron chi connectivity index (χ3n) is 2.03. The molecule has 0 aliphatic heterocycles. The third-order valence-corrected chi connectivity index (χ3v) is 4.72. The number of phenols is 1. The Bertz CT molecular complexity index is 423. The van der Waals surface area contributed by atoms with Crippen molar-refractivity contribution in [1.29, 1.82) is 5.41 Å². The third kappa shape index (κ3) is 2.33. The summed E-state index contributed by atoms with van der Waals surface area (Å²) < 4.78 is 0. The van der Waals surface area contributed by atoms with E-state index in [1.54, 1.807) is 13.2 Å². The van der Waals surface area contributed by atoms with Crippen LogP contribution in [0.3, 0.4) is 0 Å². The fraction of sp³-hybridized carbons (Fsp3) is 0.222. The molecule has 1 aromatic rings. The monoisotopic (exact) mass is 265 g/mol. The Hall–Kier alpha value is -0.580. The molecule has 3 nitrogen and oxygen atoms in total. The molecular weight excluding hydrogens is 255 g/mol. The van der Waals surface area contributed by atoms with Crippen molar-refractivity contribution < 1.29 is 5.11 Å². The second kappa shape index (κ2) is 4.51. The number of nitrogens with one attached hydrogen (secondary N) is 1. The Morgan fingerprint density at radius 2 is 2.07 bits per heavy atom. The Morgan fingerprint density at radius 1 is 1.53 bits per heavy atom. The maximum atomic E-state index is 9.48. The van der Waals surface area contributed by atoms with E-state index in [0.717, 1.165) is 0 Å². The molecule has 1 aromatic carbocycles. The molecule has 15 heavy (non-hydrogen) atoms. The first-order valence-corrected chi connectivity index (χ1v) is 6.42. The van der Waals surface area contributed by atoms with Crippen molar-refractivity contribution in [3.8, 4) is 5.75 Å². The molecule has 4 N–H and O–H groups in total. The topological polar surface area (TPSA) is 70.1 Å². The molecule has 0 heterocycles. The molecule has 82 valence electrons. The fourth-order valence-corrected chi connectivity index (χ4v) is 3.20. The molecular formula is C9H11Cl2N2OS+. The highest BCUT2D eigenvalue weighted by molar-refractivity contribution is 8.10. The van der Waals surface area contributed by atoms with Gasteiger partial charge in [-0.2, -0.15) is 0 Å². The number of phenolic OH excluding ortho intramolecular Hbond substituents is 1. The van der Waals surface area contributed by atoms with E-state index >= 15 is 0 Å². The van der Waals surface area contributed by atoms with Gasteiger partial charge in [0.1, 0.15) is 22.1 Å². The maximum absolute atomic E-state index is 9.48. The minimum absolute atomic E-state index is 0.0175. The van der Waals surface area contributed by atoms with Gasteiger partial charge in [-0.25, -0.2) is 5.41 Å². The first kappa shape index (κ1) is 12.5. The molecule has 0 saturated heterocycles. The van der Waals surface area contributed by atoms with Gasteiger partial charge in [-0.05, 0) is 6.92 Å². The van der Waals surface area contributed by atoms with E-state index in [9.17, 15) is 5.11 Å². The molecule has 0 fully saturated rings. The van der Waals surface area contributed by atoms with Crippen molar-refractivity contribution in [2.24, 2.45) is 5.73 Å². The summed E-state index contributed by atoms with van der Waals surface area (Å²) in [4.78, 5) is 0.612. The van der Waals surface area contributed by atoms with E-state index in [2.05, 4.69) is 0 Å². The van der Waals surface area contributed by atoms with Gasteiger partial charge in [-0.15, -0.1) is 0 Å². The first-order valence-electron chi connectivity index (χ1n) is 4.03. The SMILES string of the molecule is Cc1c(O)cc(Cl)c([S+](C)C(=N)N)c1Cl. The lowest BCUT2D eigenvalue weighted by molar-refractivity contribution is 0.470. The van der Waals surface area contributed by atoms with Crippen LogP contribution in [0.1, 0.15) is 5.56 Å². The Labute approximate surface area is 101 Å². The summed E-state index contributed by atoms with van der Waals surface area (Å²) in [5, 5.41) is 17.6. The van der Waals surface area contributed by atoms with Crippen LogP contribution in [-0.2, 0) is 10.9 Å². The number of halogens is 2. The van der Waals surface area contributed by atoms with E-state index in [-0.39, 0.29) is 10.9 Å². The molecule has 1 unspecified atom stereocenters. The van der Waals surface area contributed by atoms with Crippen molar-refractivity contribution >= 4 is 39.3 Å². The van der Waals surface area contributed by atoms with Gasteiger partial charge in [-0.1, -0.05) is 23.2 Å². The lowest BCUT2D eigenvalue weighted by atomic mass is 10.2. The zero-order chi connectivity index (χ0) is 11.7. The Morgan fingerprint density at radius 3 is 2.53 bits per heavy atom. The standard InChI is InChI=1S/C9H10Cl2N2OS/c1-4-6(14)3-5(10)8(7(4)11)15(2)9(12)13/h3H,1-2H3,(H3-,12,13,14)/p+1. The summed E-state index contributed by atoms with van der Waals surface area (Å²) >= 11 is 12.0. The van der Waals surface area contributed by atoms with Gasteiger partial charge in [0.15, 0.2) is 0 Å². The zero-order valence-corrected chi connectivity index (χ0v) is 10.6. The minimum Gasteiger partial charge on any atom is -0.508 e. The molecule has 0 amide bonds. The van der Waals surface area contributed by atoms with E-state index in [1.807, 2.05) is 0 Å². The predicted molar refractivity (Wildman–Crippen MR) is 66.3 cm³/mol. The predicted octanol–water partition coefficient (Wildman–Crippen LogP) is 2.51. The van der Waals surface area contributed by atoms with Gasteiger partial charge in [0.05, 0.1) is 10.9 Å². The van der Waals surface area contributed by atoms with Crippen molar-refractivity contribution in [3.63, 3.8) is 0 Å². The van der Waals surface area contributed by atoms with E-state index in [1.165, 1.54) is 6.07 Å². The normalized spacial score (nSPS) is 12.5. The van der Waals surface area contributed by atoms with Gasteiger partial charge < -0.3 is 10.8 Å². The van der Waals surface area contributed by atoms with Crippen LogP contribution in [0, 0.1) is 12.3 Å². The van der Waals surface area contributed by atoms with Crippen LogP contribution in [-0.4, -0.2) is 16.5 Å². The van der Waals surface area contributed by atoms with Crippen LogP contribution in [0.4, 0.5) is 0 Å². The quantitative estimate of drug-likeness (QED) is 0.415. The molecule has 6 heteroatoms. The molecule has 0 aliphatic rings. The van der Waals surface area contributed by atoms with Crippen LogP contribution >= 0.6 is 23.2 Å². The number of nitrogens with two attached hydrogens (primary N) is 1. The average Bonchev–Trinajstić information content (AvgIpc) is 2.14. The molecule has 1 atom stereocenters. The van der Waals surface area contributed by atoms with Gasteiger partial charge in [-0.3, -0.25) is 0 Å². The molecule has 0 aliphatic carbocycles. The highest BCUT2D eigenvalue weighted by Crippen LogP contribution is 2.37. The average molecular weight is 266 g/mol. The second-order valence-corrected chi connectivity index (χ2v) is 5.67. The zero-order valence-electron chi connectivity index (χ0n) is 8.27. The van der Waals surface area contributed by atoms with Gasteiger partial charge in [0.2, 0.25) is 4.90 Å². The molecule has 0 bridgehead atoms. The summed E-state index contributed by atoms with van der Waals surface area (Å²) in [6.45, 7) is 1.69. The van der Waals surface area contributed by atoms with Crippen molar-refractivity contribution in [2.45, 2.75) is 11.8 Å². The van der Waals surface area contributed by atoms with Crippen LogP contribution in [0.15, 0.2) is 11.0 Å². The molecule has 0 aromatic heterocycles. The number of benzene rings is 1. The van der Waals surface area contributed by atoms with Crippen LogP contribution in [0.25, 0.3) is 0 Å². The lowest BCUT2D eigenvalue weighted by Gasteiger charge is -2.08. The van der Waals surface area contributed by atoms with Gasteiger partial charge in [0.25, 0.3) is 0 Å². The largest absolute Gasteiger partial charge is 0.508 e. The van der Waals surface area contributed by atoms with Crippen LogP contribution < -0.4 is 5.73 Å². The van der Waals surface area contributed by atoms with E-state index in [4.69, 9.17) is 34.3 Å². The van der Waals surface area contributed by atoms with Crippen LogP contribution in [0.2, 0.25) is 10.0 Å². The van der Waals surface area contributed by atoms with Crippen LogP contribution in [0.5, 0.6) is 5.75 Å². The molecule has 0 radical (unpaired) electrons. The Kier molecular flexibility index (Phi) is 3.76. The highest BCUT2D eigenvalue weighted by atomic mass is 35.5. The summed E-state index contributed by atoms with van der Waals surface area (Å²) in [7, 11) is -0.641. The number of amidine groups is 1. The number of aromatic hydroxyl groups is 1. The summed E-state index contributed by atoms with van der Waals surface area (Å²) in [5.74, 6) is 0.0503. The first-order chi connectivity index (χ1) is 6.86. The summed E-state index contributed by atoms with van der Waals surface area (Å²) in [6, 6.07) is 1.42. The van der Waals surface area contributed by atoms with Crippen molar-refractivity contribution in [1.82, 2.24) is 0 Å². The summed E-state index contributed by atoms with van der Waals surface area (Å²) in [6.07, 6.45) is 1.77. The summed E-state index contributed by atoms with van der Waals surface area (Å²) in [5.41, 5.74) is 5.96. The van der Waals surface area contributed by atoms with E-state index in [0.29, 0.717) is 20.5 Å². The van der Waals surface area contributed by atoms with E-state index < -0.39 is 10.9 Å². The molecule has 1 rings (SSSR count). The van der Waals surface area contributed by atoms with Gasteiger partial charge in [0, 0.05) is 11.6 Å². The maximum Gasteiger partial charge on any atom is 0.314 e. The van der Waals surface area contributed by atoms with Gasteiger partial charge >= 0.3 is 5.17 Å².